The Kier molecular flexibility index (Phi) is 5.49. The van der Waals surface area contributed by atoms with Gasteiger partial charge >= 0.3 is 6.09 Å². The van der Waals surface area contributed by atoms with Crippen LogP contribution in [0.5, 0.6) is 0 Å². The summed E-state index contributed by atoms with van der Waals surface area (Å²) in [6.45, 7) is 5.66. The van der Waals surface area contributed by atoms with Crippen LogP contribution in [0, 0.1) is 0 Å². The molecular formula is C16H23NO2S2. The number of nitrogens with zero attached hydrogens (tertiary/aromatic N) is 1. The van der Waals surface area contributed by atoms with Crippen molar-refractivity contribution in [2.45, 2.75) is 37.4 Å². The molecule has 0 aromatic heterocycles. The van der Waals surface area contributed by atoms with Gasteiger partial charge in [-0.25, -0.2) is 4.79 Å². The lowest BCUT2D eigenvalue weighted by molar-refractivity contribution is 0.0589. The minimum absolute atomic E-state index is 0.305. The molecule has 116 valence electrons. The fourth-order valence-electron chi connectivity index (χ4n) is 2.09. The summed E-state index contributed by atoms with van der Waals surface area (Å²) in [7, 11) is 1.78. The van der Waals surface area contributed by atoms with E-state index >= 15 is 0 Å². The van der Waals surface area contributed by atoms with Crippen LogP contribution in [0.15, 0.2) is 24.3 Å². The second-order valence-electron chi connectivity index (χ2n) is 6.03. The van der Waals surface area contributed by atoms with Crippen LogP contribution in [0.1, 0.15) is 37.3 Å². The largest absolute Gasteiger partial charge is 0.443 e. The van der Waals surface area contributed by atoms with E-state index in [4.69, 9.17) is 4.74 Å². The van der Waals surface area contributed by atoms with Crippen LogP contribution in [0.4, 0.5) is 10.5 Å². The smallest absolute Gasteiger partial charge is 0.414 e. The van der Waals surface area contributed by atoms with E-state index in [1.807, 2.05) is 62.5 Å². The van der Waals surface area contributed by atoms with E-state index in [0.717, 1.165) is 5.69 Å². The maximum absolute atomic E-state index is 12.3. The predicted octanol–water partition coefficient (Wildman–Crippen LogP) is 4.93. The van der Waals surface area contributed by atoms with Gasteiger partial charge in [-0.15, -0.1) is 23.5 Å². The molecule has 1 fully saturated rings. The van der Waals surface area contributed by atoms with Crippen LogP contribution in [0.2, 0.25) is 0 Å². The summed E-state index contributed by atoms with van der Waals surface area (Å²) in [6.07, 6.45) is 0.955. The van der Waals surface area contributed by atoms with Crippen LogP contribution in [0.3, 0.4) is 0 Å². The first kappa shape index (κ1) is 16.6. The van der Waals surface area contributed by atoms with E-state index in [0.29, 0.717) is 4.58 Å². The van der Waals surface area contributed by atoms with E-state index in [2.05, 4.69) is 6.07 Å². The molecule has 0 radical (unpaired) electrons. The van der Waals surface area contributed by atoms with Crippen molar-refractivity contribution >= 4 is 35.3 Å². The molecule has 1 aromatic carbocycles. The fourth-order valence-corrected chi connectivity index (χ4v) is 5.04. The van der Waals surface area contributed by atoms with Crippen LogP contribution < -0.4 is 4.90 Å². The van der Waals surface area contributed by atoms with E-state index in [9.17, 15) is 4.79 Å². The average Bonchev–Trinajstić information content (AvgIpc) is 2.45. The molecule has 1 saturated heterocycles. The first-order valence-electron chi connectivity index (χ1n) is 7.17. The Labute approximate surface area is 135 Å². The monoisotopic (exact) mass is 325 g/mol. The Morgan fingerprint density at radius 2 is 1.86 bits per heavy atom. The third kappa shape index (κ3) is 4.58. The lowest BCUT2D eigenvalue weighted by Gasteiger charge is -2.29. The first-order chi connectivity index (χ1) is 9.88. The summed E-state index contributed by atoms with van der Waals surface area (Å²) >= 11 is 3.91. The van der Waals surface area contributed by atoms with Crippen molar-refractivity contribution in [3.63, 3.8) is 0 Å². The first-order valence-corrected chi connectivity index (χ1v) is 9.27. The number of amides is 1. The number of ether oxygens (including phenoxy) is 1. The zero-order valence-corrected chi connectivity index (χ0v) is 14.7. The van der Waals surface area contributed by atoms with Crippen molar-refractivity contribution in [1.29, 1.82) is 0 Å². The van der Waals surface area contributed by atoms with Crippen LogP contribution in [0.25, 0.3) is 0 Å². The highest BCUT2D eigenvalue weighted by atomic mass is 32.2. The predicted molar refractivity (Wildman–Crippen MR) is 93.4 cm³/mol. The lowest BCUT2D eigenvalue weighted by Crippen LogP contribution is -2.34. The molecule has 0 unspecified atom stereocenters. The van der Waals surface area contributed by atoms with Gasteiger partial charge in [-0.3, -0.25) is 4.90 Å². The number of carbonyl (C=O) groups excluding carboxylic acids is 1. The lowest BCUT2D eigenvalue weighted by atomic mass is 10.2. The molecule has 1 aromatic rings. The number of benzene rings is 1. The quantitative estimate of drug-likeness (QED) is 0.771. The molecule has 0 saturated carbocycles. The average molecular weight is 325 g/mol. The van der Waals surface area contributed by atoms with Gasteiger partial charge < -0.3 is 4.74 Å². The summed E-state index contributed by atoms with van der Waals surface area (Å²) < 4.78 is 5.87. The minimum atomic E-state index is -0.478. The van der Waals surface area contributed by atoms with Crippen molar-refractivity contribution in [1.82, 2.24) is 0 Å². The molecule has 0 N–H and O–H groups in total. The molecule has 21 heavy (non-hydrogen) atoms. The molecule has 3 nitrogen and oxygen atoms in total. The van der Waals surface area contributed by atoms with Crippen molar-refractivity contribution in [3.8, 4) is 0 Å². The number of hydrogen-bond acceptors (Lipinski definition) is 4. The van der Waals surface area contributed by atoms with Gasteiger partial charge in [0, 0.05) is 7.05 Å². The number of hydrogen-bond donors (Lipinski definition) is 0. The Hall–Kier alpha value is -0.810. The third-order valence-electron chi connectivity index (χ3n) is 3.05. The number of rotatable bonds is 2. The highest BCUT2D eigenvalue weighted by Crippen LogP contribution is 2.46. The van der Waals surface area contributed by atoms with Gasteiger partial charge in [0.2, 0.25) is 0 Å². The van der Waals surface area contributed by atoms with E-state index in [1.165, 1.54) is 23.5 Å². The molecule has 2 rings (SSSR count). The molecule has 0 aliphatic carbocycles. The van der Waals surface area contributed by atoms with Crippen molar-refractivity contribution < 1.29 is 9.53 Å². The van der Waals surface area contributed by atoms with Crippen LogP contribution >= 0.6 is 23.5 Å². The highest BCUT2D eigenvalue weighted by Gasteiger charge is 2.25. The Morgan fingerprint density at radius 3 is 2.48 bits per heavy atom. The van der Waals surface area contributed by atoms with Gasteiger partial charge in [-0.1, -0.05) is 18.2 Å². The van der Waals surface area contributed by atoms with Crippen LogP contribution in [-0.2, 0) is 4.74 Å². The molecule has 1 aliphatic heterocycles. The SMILES string of the molecule is CN(C(=O)OC(C)(C)C)c1ccccc1C1SCCCS1. The van der Waals surface area contributed by atoms with Gasteiger partial charge in [-0.2, -0.15) is 0 Å². The van der Waals surface area contributed by atoms with Gasteiger partial charge in [-0.05, 0) is 50.3 Å². The molecule has 0 spiro atoms. The Bertz CT molecular complexity index is 493. The molecule has 0 bridgehead atoms. The zero-order valence-electron chi connectivity index (χ0n) is 13.1. The van der Waals surface area contributed by atoms with Gasteiger partial charge in [0.25, 0.3) is 0 Å². The summed E-state index contributed by atoms with van der Waals surface area (Å²) in [6, 6.07) is 8.12. The van der Waals surface area contributed by atoms with Crippen molar-refractivity contribution in [2.24, 2.45) is 0 Å². The topological polar surface area (TPSA) is 29.5 Å². The summed E-state index contributed by atoms with van der Waals surface area (Å²) in [5, 5.41) is 0. The number of anilines is 1. The second-order valence-corrected chi connectivity index (χ2v) is 8.75. The standard InChI is InChI=1S/C16H23NO2S2/c1-16(2,3)19-15(18)17(4)13-9-6-5-8-12(13)14-20-10-7-11-21-14/h5-6,8-9,14H,7,10-11H2,1-4H3. The molecule has 1 amide bonds. The van der Waals surface area contributed by atoms with Gasteiger partial charge in [0.1, 0.15) is 5.60 Å². The number of thioether (sulfide) groups is 2. The molecule has 0 atom stereocenters. The third-order valence-corrected chi connectivity index (χ3v) is 6.03. The van der Waals surface area contributed by atoms with E-state index in [-0.39, 0.29) is 6.09 Å². The van der Waals surface area contributed by atoms with Crippen molar-refractivity contribution in [2.75, 3.05) is 23.5 Å². The minimum Gasteiger partial charge on any atom is -0.443 e. The van der Waals surface area contributed by atoms with Crippen LogP contribution in [-0.4, -0.2) is 30.2 Å². The fraction of sp³-hybridized carbons (Fsp3) is 0.562. The summed E-state index contributed by atoms with van der Waals surface area (Å²) in [5.41, 5.74) is 1.67. The zero-order chi connectivity index (χ0) is 15.5. The number of carbonyl (C=O) groups is 1. The van der Waals surface area contributed by atoms with E-state index < -0.39 is 5.60 Å². The maximum atomic E-state index is 12.3. The Balaban J connectivity index is 2.20. The van der Waals surface area contributed by atoms with Gasteiger partial charge in [0.15, 0.2) is 0 Å². The van der Waals surface area contributed by atoms with E-state index in [1.54, 1.807) is 11.9 Å². The summed E-state index contributed by atoms with van der Waals surface area (Å²) in [4.78, 5) is 13.9. The normalized spacial score (nSPS) is 16.6. The summed E-state index contributed by atoms with van der Waals surface area (Å²) in [5.74, 6) is 2.37. The molecular weight excluding hydrogens is 302 g/mol. The Morgan fingerprint density at radius 1 is 1.24 bits per heavy atom. The molecule has 1 heterocycles. The highest BCUT2D eigenvalue weighted by molar-refractivity contribution is 8.16. The second kappa shape index (κ2) is 6.97. The maximum Gasteiger partial charge on any atom is 0.414 e. The molecule has 1 aliphatic rings. The number of para-hydroxylation sites is 1. The van der Waals surface area contributed by atoms with Gasteiger partial charge in [0.05, 0.1) is 10.3 Å². The molecule has 5 heteroatoms. The van der Waals surface area contributed by atoms with Crippen molar-refractivity contribution in [3.05, 3.63) is 29.8 Å².